The minimum atomic E-state index is -4.38. The molecular weight excluding hydrogens is 398 g/mol. The molecule has 27 heavy (non-hydrogen) atoms. The first kappa shape index (κ1) is 21.5. The fourth-order valence-electron chi connectivity index (χ4n) is 2.50. The van der Waals surface area contributed by atoms with Crippen molar-refractivity contribution in [3.05, 3.63) is 80.6 Å². The number of aliphatic imine (C=N–C) groups is 1. The number of benzene rings is 2. The van der Waals surface area contributed by atoms with Crippen LogP contribution in [0.5, 0.6) is 0 Å². The molecule has 0 saturated carbocycles. The van der Waals surface area contributed by atoms with Gasteiger partial charge in [-0.1, -0.05) is 29.8 Å². The molecule has 1 nitrogen and oxygen atoms in total. The molecule has 144 valence electrons. The van der Waals surface area contributed by atoms with Crippen molar-refractivity contribution in [2.24, 2.45) is 4.99 Å². The van der Waals surface area contributed by atoms with Gasteiger partial charge in [0.1, 0.15) is 5.82 Å². The van der Waals surface area contributed by atoms with E-state index in [0.717, 1.165) is 12.1 Å². The first-order valence-corrected chi connectivity index (χ1v) is 8.96. The Balaban J connectivity index is 2.21. The van der Waals surface area contributed by atoms with Crippen LogP contribution in [0.25, 0.3) is 0 Å². The molecule has 0 aliphatic heterocycles. The Morgan fingerprint density at radius 2 is 1.70 bits per heavy atom. The summed E-state index contributed by atoms with van der Waals surface area (Å²) in [5.41, 5.74) is 1.42. The third-order valence-corrected chi connectivity index (χ3v) is 4.64. The van der Waals surface area contributed by atoms with Crippen LogP contribution in [-0.4, -0.2) is 5.71 Å². The van der Waals surface area contributed by atoms with Crippen LogP contribution >= 0.6 is 24.2 Å². The van der Waals surface area contributed by atoms with Crippen LogP contribution in [-0.2, 0) is 12.6 Å². The zero-order valence-electron chi connectivity index (χ0n) is 14.7. The largest absolute Gasteiger partial charge is 0.416 e. The lowest BCUT2D eigenvalue weighted by Crippen LogP contribution is -2.05. The lowest BCUT2D eigenvalue weighted by molar-refractivity contribution is -0.137. The quantitative estimate of drug-likeness (QED) is 0.304. The van der Waals surface area contributed by atoms with Crippen molar-refractivity contribution < 1.29 is 17.6 Å². The summed E-state index contributed by atoms with van der Waals surface area (Å²) in [5.74, 6) is -0.387. The number of halogens is 5. The average Bonchev–Trinajstić information content (AvgIpc) is 2.59. The number of allylic oxidation sites excluding steroid dienone is 2. The molecule has 0 amide bonds. The maximum Gasteiger partial charge on any atom is 0.416 e. The Bertz CT molecular complexity index is 846. The van der Waals surface area contributed by atoms with Crippen molar-refractivity contribution in [3.8, 4) is 0 Å². The molecule has 0 unspecified atom stereocenters. The molecule has 0 radical (unpaired) electrons. The fourth-order valence-corrected chi connectivity index (χ4v) is 2.92. The third-order valence-electron chi connectivity index (χ3n) is 4.02. The molecule has 2 aromatic rings. The van der Waals surface area contributed by atoms with Crippen molar-refractivity contribution in [2.45, 2.75) is 32.9 Å². The van der Waals surface area contributed by atoms with Gasteiger partial charge in [-0.3, -0.25) is 4.99 Å². The van der Waals surface area contributed by atoms with E-state index in [1.807, 2.05) is 0 Å². The van der Waals surface area contributed by atoms with Crippen molar-refractivity contribution in [3.63, 3.8) is 0 Å². The normalized spacial score (nSPS) is 13.6. The molecule has 2 aromatic carbocycles. The summed E-state index contributed by atoms with van der Waals surface area (Å²) in [5, 5.41) is 0.342. The summed E-state index contributed by atoms with van der Waals surface area (Å²) in [6.07, 6.45) is -3.65. The van der Waals surface area contributed by atoms with Gasteiger partial charge in [-0.2, -0.15) is 13.2 Å². The summed E-state index contributed by atoms with van der Waals surface area (Å²) in [7, 11) is 0. The Labute approximate surface area is 166 Å². The number of hydrogen-bond donors (Lipinski definition) is 1. The van der Waals surface area contributed by atoms with Crippen LogP contribution in [0, 0.1) is 5.82 Å². The fraction of sp³-hybridized carbons (Fsp3) is 0.250. The van der Waals surface area contributed by atoms with Crippen molar-refractivity contribution >= 4 is 29.9 Å². The summed E-state index contributed by atoms with van der Waals surface area (Å²) in [6, 6.07) is 9.29. The second kappa shape index (κ2) is 8.93. The highest BCUT2D eigenvalue weighted by Gasteiger charge is 2.30. The highest BCUT2D eigenvalue weighted by molar-refractivity contribution is 7.84. The Morgan fingerprint density at radius 3 is 2.22 bits per heavy atom. The predicted molar refractivity (Wildman–Crippen MR) is 105 cm³/mol. The van der Waals surface area contributed by atoms with Gasteiger partial charge in [0.15, 0.2) is 0 Å². The van der Waals surface area contributed by atoms with Gasteiger partial charge in [0.05, 0.1) is 5.56 Å². The van der Waals surface area contributed by atoms with E-state index in [2.05, 4.69) is 17.6 Å². The Morgan fingerprint density at radius 1 is 1.07 bits per heavy atom. The van der Waals surface area contributed by atoms with Gasteiger partial charge in [0.2, 0.25) is 0 Å². The lowest BCUT2D eigenvalue weighted by Gasteiger charge is -2.10. The van der Waals surface area contributed by atoms with Crippen molar-refractivity contribution in [1.82, 2.24) is 0 Å². The molecule has 0 aliphatic carbocycles. The molecular formula is C20H18ClF4NS. The summed E-state index contributed by atoms with van der Waals surface area (Å²) in [6.45, 7) is 3.46. The molecule has 0 spiro atoms. The summed E-state index contributed by atoms with van der Waals surface area (Å²) >= 11 is 10.4. The number of hydrogen-bond acceptors (Lipinski definition) is 2. The van der Waals surface area contributed by atoms with Gasteiger partial charge < -0.3 is 0 Å². The van der Waals surface area contributed by atoms with E-state index < -0.39 is 11.7 Å². The van der Waals surface area contributed by atoms with Gasteiger partial charge in [-0.25, -0.2) is 4.39 Å². The maximum absolute atomic E-state index is 13.9. The zero-order valence-corrected chi connectivity index (χ0v) is 16.4. The first-order chi connectivity index (χ1) is 12.6. The molecule has 2 rings (SSSR count). The molecule has 7 heteroatoms. The van der Waals surface area contributed by atoms with Gasteiger partial charge in [-0.05, 0) is 56.5 Å². The van der Waals surface area contributed by atoms with E-state index in [-0.39, 0.29) is 5.82 Å². The van der Waals surface area contributed by atoms with Crippen LogP contribution in [0.3, 0.4) is 0 Å². The topological polar surface area (TPSA) is 12.4 Å². The van der Waals surface area contributed by atoms with E-state index >= 15 is 0 Å². The van der Waals surface area contributed by atoms with Crippen LogP contribution < -0.4 is 0 Å². The summed E-state index contributed by atoms with van der Waals surface area (Å²) < 4.78 is 51.9. The Kier molecular flexibility index (Phi) is 7.12. The standard InChI is InChI=1S/C20H18ClF4NS/c1-12(14-6-8-15(9-7-14)20(23,24)25)26-19(13(2)27)11-10-16-17(21)4-3-5-18(16)22/h3-9,27H,10-11H2,1-2H3/b19-13-,26-12?. The predicted octanol–water partition coefficient (Wildman–Crippen LogP) is 7.10. The van der Waals surface area contributed by atoms with Crippen LogP contribution in [0.15, 0.2) is 58.1 Å². The molecule has 0 aromatic heterocycles. The minimum absolute atomic E-state index is 0.336. The van der Waals surface area contributed by atoms with E-state index in [4.69, 9.17) is 11.6 Å². The zero-order chi connectivity index (χ0) is 20.2. The molecule has 0 bridgehead atoms. The molecule has 0 atom stereocenters. The smallest absolute Gasteiger partial charge is 0.257 e. The van der Waals surface area contributed by atoms with Crippen LogP contribution in [0.2, 0.25) is 5.02 Å². The molecule has 0 heterocycles. The highest BCUT2D eigenvalue weighted by Crippen LogP contribution is 2.29. The molecule has 0 aliphatic rings. The van der Waals surface area contributed by atoms with Crippen molar-refractivity contribution in [2.75, 3.05) is 0 Å². The van der Waals surface area contributed by atoms with E-state index in [1.165, 1.54) is 24.3 Å². The lowest BCUT2D eigenvalue weighted by atomic mass is 10.1. The Hall–Kier alpha value is -1.79. The SMILES string of the molecule is CC(=N/C(CCc1c(F)cccc1Cl)=C(/C)S)c1ccc(C(F)(F)F)cc1. The molecule has 0 saturated heterocycles. The van der Waals surface area contributed by atoms with Gasteiger partial charge >= 0.3 is 6.18 Å². The number of alkyl halides is 3. The highest BCUT2D eigenvalue weighted by atomic mass is 35.5. The van der Waals surface area contributed by atoms with Crippen LogP contribution in [0.1, 0.15) is 37.0 Å². The number of thiol groups is 1. The van der Waals surface area contributed by atoms with E-state index in [1.54, 1.807) is 19.9 Å². The third kappa shape index (κ3) is 5.84. The van der Waals surface area contributed by atoms with E-state index in [0.29, 0.717) is 45.3 Å². The van der Waals surface area contributed by atoms with Crippen molar-refractivity contribution in [1.29, 1.82) is 0 Å². The van der Waals surface area contributed by atoms with Gasteiger partial charge in [0, 0.05) is 26.9 Å². The number of nitrogens with zero attached hydrogens (tertiary/aromatic N) is 1. The molecule has 0 N–H and O–H groups in total. The maximum atomic E-state index is 13.9. The molecule has 0 fully saturated rings. The second-order valence-corrected chi connectivity index (χ2v) is 7.08. The summed E-state index contributed by atoms with van der Waals surface area (Å²) in [4.78, 5) is 5.13. The van der Waals surface area contributed by atoms with Gasteiger partial charge in [-0.15, -0.1) is 12.6 Å². The van der Waals surface area contributed by atoms with Gasteiger partial charge in [0.25, 0.3) is 0 Å². The van der Waals surface area contributed by atoms with Crippen LogP contribution in [0.4, 0.5) is 17.6 Å². The number of rotatable bonds is 5. The first-order valence-electron chi connectivity index (χ1n) is 8.14. The second-order valence-electron chi connectivity index (χ2n) is 6.00. The minimum Gasteiger partial charge on any atom is -0.257 e. The average molecular weight is 416 g/mol. The van der Waals surface area contributed by atoms with E-state index in [9.17, 15) is 17.6 Å². The monoisotopic (exact) mass is 415 g/mol.